The summed E-state index contributed by atoms with van der Waals surface area (Å²) in [6.45, 7) is 2.86. The topological polar surface area (TPSA) is 50.4 Å². The summed E-state index contributed by atoms with van der Waals surface area (Å²) in [5, 5.41) is 6.25. The second-order valence-electron chi connectivity index (χ2n) is 4.65. The van der Waals surface area contributed by atoms with Gasteiger partial charge >= 0.3 is 0 Å². The van der Waals surface area contributed by atoms with E-state index in [4.69, 9.17) is 4.74 Å². The van der Waals surface area contributed by atoms with E-state index in [0.29, 0.717) is 0 Å². The van der Waals surface area contributed by atoms with Crippen LogP contribution in [-0.2, 0) is 4.79 Å². The van der Waals surface area contributed by atoms with Gasteiger partial charge in [-0.15, -0.1) is 0 Å². The number of carbonyl (C=O) groups excluding carboxylic acids is 1. The van der Waals surface area contributed by atoms with Crippen molar-refractivity contribution in [3.8, 4) is 5.75 Å². The summed E-state index contributed by atoms with van der Waals surface area (Å²) in [6.07, 6.45) is 1.94. The van der Waals surface area contributed by atoms with Gasteiger partial charge in [-0.3, -0.25) is 10.1 Å². The highest BCUT2D eigenvalue weighted by Gasteiger charge is 2.23. The van der Waals surface area contributed by atoms with Crippen LogP contribution in [0.15, 0.2) is 24.3 Å². The summed E-state index contributed by atoms with van der Waals surface area (Å²) in [6, 6.07) is 7.98. The first-order valence-corrected chi connectivity index (χ1v) is 6.38. The van der Waals surface area contributed by atoms with Gasteiger partial charge in [0.2, 0.25) is 5.91 Å². The van der Waals surface area contributed by atoms with Crippen molar-refractivity contribution in [2.45, 2.75) is 31.8 Å². The summed E-state index contributed by atoms with van der Waals surface area (Å²) < 4.78 is 5.21. The summed E-state index contributed by atoms with van der Waals surface area (Å²) in [5.41, 5.74) is 1.13. The number of ether oxygens (including phenoxy) is 1. The highest BCUT2D eigenvalue weighted by atomic mass is 16.5. The fraction of sp³-hybridized carbons (Fsp3) is 0.500. The minimum Gasteiger partial charge on any atom is -0.497 e. The Morgan fingerprint density at radius 1 is 1.50 bits per heavy atom. The second-order valence-corrected chi connectivity index (χ2v) is 4.65. The maximum absolute atomic E-state index is 11.7. The van der Waals surface area contributed by atoms with Crippen LogP contribution in [0.5, 0.6) is 5.75 Å². The number of hydrogen-bond donors (Lipinski definition) is 2. The zero-order valence-electron chi connectivity index (χ0n) is 10.9. The maximum atomic E-state index is 11.7. The van der Waals surface area contributed by atoms with E-state index < -0.39 is 0 Å². The van der Waals surface area contributed by atoms with Crippen molar-refractivity contribution in [2.24, 2.45) is 0 Å². The molecule has 1 amide bonds. The van der Waals surface area contributed by atoms with Crippen LogP contribution < -0.4 is 15.4 Å². The SMILES string of the molecule is COc1cccc(C(C)NC2CCCNC2=O)c1. The average Bonchev–Trinajstić information content (AvgIpc) is 2.41. The normalized spacial score (nSPS) is 21.2. The lowest BCUT2D eigenvalue weighted by Crippen LogP contribution is -2.48. The highest BCUT2D eigenvalue weighted by Crippen LogP contribution is 2.20. The largest absolute Gasteiger partial charge is 0.497 e. The van der Waals surface area contributed by atoms with Crippen molar-refractivity contribution < 1.29 is 9.53 Å². The van der Waals surface area contributed by atoms with Crippen LogP contribution in [0.4, 0.5) is 0 Å². The molecule has 0 bridgehead atoms. The van der Waals surface area contributed by atoms with Gasteiger partial charge in [0, 0.05) is 12.6 Å². The lowest BCUT2D eigenvalue weighted by molar-refractivity contribution is -0.124. The first-order valence-electron chi connectivity index (χ1n) is 6.38. The van der Waals surface area contributed by atoms with Crippen molar-refractivity contribution in [3.63, 3.8) is 0 Å². The molecule has 1 aliphatic rings. The van der Waals surface area contributed by atoms with Crippen molar-refractivity contribution >= 4 is 5.91 Å². The molecule has 2 N–H and O–H groups in total. The second kappa shape index (κ2) is 5.87. The van der Waals surface area contributed by atoms with Crippen LogP contribution in [-0.4, -0.2) is 25.6 Å². The number of methoxy groups -OCH3 is 1. The molecular weight excluding hydrogens is 228 g/mol. The summed E-state index contributed by atoms with van der Waals surface area (Å²) >= 11 is 0. The third kappa shape index (κ3) is 3.01. The average molecular weight is 248 g/mol. The maximum Gasteiger partial charge on any atom is 0.237 e. The van der Waals surface area contributed by atoms with Gasteiger partial charge in [-0.05, 0) is 37.5 Å². The molecule has 4 nitrogen and oxygen atoms in total. The Bertz CT molecular complexity index is 420. The van der Waals surface area contributed by atoms with Gasteiger partial charge in [-0.1, -0.05) is 12.1 Å². The van der Waals surface area contributed by atoms with E-state index in [-0.39, 0.29) is 18.0 Å². The zero-order chi connectivity index (χ0) is 13.0. The van der Waals surface area contributed by atoms with Crippen LogP contribution in [0.2, 0.25) is 0 Å². The zero-order valence-corrected chi connectivity index (χ0v) is 10.9. The molecule has 0 radical (unpaired) electrons. The third-order valence-corrected chi connectivity index (χ3v) is 3.33. The number of amides is 1. The molecule has 4 heteroatoms. The molecular formula is C14H20N2O2. The quantitative estimate of drug-likeness (QED) is 0.851. The van der Waals surface area contributed by atoms with Crippen molar-refractivity contribution in [1.29, 1.82) is 0 Å². The van der Waals surface area contributed by atoms with E-state index >= 15 is 0 Å². The Morgan fingerprint density at radius 3 is 3.06 bits per heavy atom. The molecule has 2 rings (SSSR count). The molecule has 18 heavy (non-hydrogen) atoms. The lowest BCUT2D eigenvalue weighted by atomic mass is 10.0. The predicted molar refractivity (Wildman–Crippen MR) is 70.6 cm³/mol. The molecule has 1 heterocycles. The summed E-state index contributed by atoms with van der Waals surface area (Å²) in [5.74, 6) is 0.949. The Morgan fingerprint density at radius 2 is 2.33 bits per heavy atom. The Balaban J connectivity index is 2.01. The molecule has 0 aromatic heterocycles. The van der Waals surface area contributed by atoms with Crippen LogP contribution in [0.25, 0.3) is 0 Å². The van der Waals surface area contributed by atoms with Gasteiger partial charge in [-0.25, -0.2) is 0 Å². The molecule has 1 aromatic carbocycles. The van der Waals surface area contributed by atoms with Crippen molar-refractivity contribution in [3.05, 3.63) is 29.8 Å². The third-order valence-electron chi connectivity index (χ3n) is 3.33. The van der Waals surface area contributed by atoms with Crippen LogP contribution in [0, 0.1) is 0 Å². The van der Waals surface area contributed by atoms with Crippen molar-refractivity contribution in [2.75, 3.05) is 13.7 Å². The van der Waals surface area contributed by atoms with Crippen LogP contribution in [0.1, 0.15) is 31.4 Å². The molecule has 1 saturated heterocycles. The van der Waals surface area contributed by atoms with E-state index in [2.05, 4.69) is 17.6 Å². The van der Waals surface area contributed by atoms with Crippen molar-refractivity contribution in [1.82, 2.24) is 10.6 Å². The molecule has 2 atom stereocenters. The van der Waals surface area contributed by atoms with Gasteiger partial charge in [0.15, 0.2) is 0 Å². The number of benzene rings is 1. The molecule has 1 aliphatic heterocycles. The van der Waals surface area contributed by atoms with Gasteiger partial charge in [0.1, 0.15) is 5.75 Å². The first-order chi connectivity index (χ1) is 8.70. The van der Waals surface area contributed by atoms with E-state index in [1.165, 1.54) is 0 Å². The Hall–Kier alpha value is -1.55. The molecule has 98 valence electrons. The van der Waals surface area contributed by atoms with Crippen LogP contribution in [0.3, 0.4) is 0 Å². The monoisotopic (exact) mass is 248 g/mol. The predicted octanol–water partition coefficient (Wildman–Crippen LogP) is 1.62. The Labute approximate surface area is 108 Å². The lowest BCUT2D eigenvalue weighted by Gasteiger charge is -2.26. The van der Waals surface area contributed by atoms with E-state index in [1.54, 1.807) is 7.11 Å². The fourth-order valence-corrected chi connectivity index (χ4v) is 2.24. The number of hydrogen-bond acceptors (Lipinski definition) is 3. The van der Waals surface area contributed by atoms with Gasteiger partial charge in [-0.2, -0.15) is 0 Å². The van der Waals surface area contributed by atoms with Crippen LogP contribution >= 0.6 is 0 Å². The molecule has 0 spiro atoms. The summed E-state index contributed by atoms with van der Waals surface area (Å²) in [4.78, 5) is 11.7. The number of nitrogens with one attached hydrogen (secondary N) is 2. The minimum atomic E-state index is -0.0834. The molecule has 1 aromatic rings. The minimum absolute atomic E-state index is 0.0834. The summed E-state index contributed by atoms with van der Waals surface area (Å²) in [7, 11) is 1.66. The number of piperidine rings is 1. The smallest absolute Gasteiger partial charge is 0.237 e. The Kier molecular flexibility index (Phi) is 4.20. The number of carbonyl (C=O) groups is 1. The fourth-order valence-electron chi connectivity index (χ4n) is 2.24. The standard InChI is InChI=1S/C14H20N2O2/c1-10(11-5-3-6-12(9-11)18-2)16-13-7-4-8-15-14(13)17/h3,5-6,9-10,13,16H,4,7-8H2,1-2H3,(H,15,17). The number of rotatable bonds is 4. The molecule has 0 saturated carbocycles. The van der Waals surface area contributed by atoms with E-state index in [9.17, 15) is 4.79 Å². The molecule has 2 unspecified atom stereocenters. The van der Waals surface area contributed by atoms with E-state index in [0.717, 1.165) is 30.7 Å². The first kappa shape index (κ1) is 12.9. The highest BCUT2D eigenvalue weighted by molar-refractivity contribution is 5.82. The van der Waals surface area contributed by atoms with Gasteiger partial charge < -0.3 is 10.1 Å². The van der Waals surface area contributed by atoms with Gasteiger partial charge in [0.05, 0.1) is 13.2 Å². The molecule has 1 fully saturated rings. The van der Waals surface area contributed by atoms with Gasteiger partial charge in [0.25, 0.3) is 0 Å². The van der Waals surface area contributed by atoms with E-state index in [1.807, 2.05) is 24.3 Å². The molecule has 0 aliphatic carbocycles.